The summed E-state index contributed by atoms with van der Waals surface area (Å²) in [5, 5.41) is 0. The zero-order valence-electron chi connectivity index (χ0n) is 10.8. The number of hydrogen-bond donors (Lipinski definition) is 0. The van der Waals surface area contributed by atoms with Crippen molar-refractivity contribution >= 4 is 17.0 Å². The van der Waals surface area contributed by atoms with Gasteiger partial charge in [-0.05, 0) is 25.0 Å². The van der Waals surface area contributed by atoms with Crippen molar-refractivity contribution in [3.63, 3.8) is 0 Å². The van der Waals surface area contributed by atoms with E-state index in [-0.39, 0.29) is 5.97 Å². The molecule has 1 fully saturated rings. The summed E-state index contributed by atoms with van der Waals surface area (Å²) in [6.45, 7) is 1.56. The number of rotatable bonds is 2. The maximum absolute atomic E-state index is 11.7. The molecule has 0 bridgehead atoms. The zero-order valence-corrected chi connectivity index (χ0v) is 10.8. The fourth-order valence-electron chi connectivity index (χ4n) is 2.59. The Hall–Kier alpha value is -1.88. The topological polar surface area (TPSA) is 53.3 Å². The molecule has 1 aliphatic rings. The van der Waals surface area contributed by atoms with E-state index in [1.807, 2.05) is 18.5 Å². The van der Waals surface area contributed by atoms with Crippen molar-refractivity contribution in [3.05, 3.63) is 30.1 Å². The molecule has 2 aromatic rings. The number of benzene rings is 1. The second-order valence-corrected chi connectivity index (χ2v) is 4.66. The van der Waals surface area contributed by atoms with Crippen LogP contribution < -0.4 is 0 Å². The van der Waals surface area contributed by atoms with Gasteiger partial charge in [-0.3, -0.25) is 0 Å². The number of carbonyl (C=O) groups is 1. The van der Waals surface area contributed by atoms with Crippen LogP contribution in [0.5, 0.6) is 0 Å². The van der Waals surface area contributed by atoms with Crippen molar-refractivity contribution in [2.75, 3.05) is 20.3 Å². The number of carbonyl (C=O) groups excluding carboxylic acids is 1. The Bertz CT molecular complexity index is 600. The maximum atomic E-state index is 11.7. The molecule has 0 radical (unpaired) electrons. The van der Waals surface area contributed by atoms with Gasteiger partial charge in [0.05, 0.1) is 24.5 Å². The minimum absolute atomic E-state index is 0.345. The summed E-state index contributed by atoms with van der Waals surface area (Å²) >= 11 is 0. The van der Waals surface area contributed by atoms with Crippen molar-refractivity contribution < 1.29 is 14.3 Å². The van der Waals surface area contributed by atoms with Crippen LogP contribution in [0.4, 0.5) is 0 Å². The van der Waals surface area contributed by atoms with Crippen LogP contribution in [-0.2, 0) is 9.47 Å². The van der Waals surface area contributed by atoms with Gasteiger partial charge in [-0.2, -0.15) is 0 Å². The van der Waals surface area contributed by atoms with E-state index in [1.54, 1.807) is 6.07 Å². The number of esters is 1. The van der Waals surface area contributed by atoms with Gasteiger partial charge >= 0.3 is 5.97 Å². The Morgan fingerprint density at radius 2 is 2.21 bits per heavy atom. The quantitative estimate of drug-likeness (QED) is 0.777. The normalized spacial score (nSPS) is 16.7. The van der Waals surface area contributed by atoms with Gasteiger partial charge in [0.15, 0.2) is 0 Å². The standard InChI is InChI=1S/C14H16N2O3/c1-18-14(17)11-3-2-4-12-13(11)15-9-16(12)10-5-7-19-8-6-10/h2-4,9-10H,5-8H2,1H3. The molecule has 0 aliphatic carbocycles. The van der Waals surface area contributed by atoms with Crippen LogP contribution >= 0.6 is 0 Å². The van der Waals surface area contributed by atoms with E-state index in [4.69, 9.17) is 9.47 Å². The predicted molar refractivity (Wildman–Crippen MR) is 70.2 cm³/mol. The highest BCUT2D eigenvalue weighted by Gasteiger charge is 2.20. The molecular formula is C14H16N2O3. The number of fused-ring (bicyclic) bond motifs is 1. The fourth-order valence-corrected chi connectivity index (χ4v) is 2.59. The first kappa shape index (κ1) is 12.2. The highest BCUT2D eigenvalue weighted by Crippen LogP contribution is 2.27. The van der Waals surface area contributed by atoms with Gasteiger partial charge in [0.2, 0.25) is 0 Å². The Morgan fingerprint density at radius 3 is 2.95 bits per heavy atom. The summed E-state index contributed by atoms with van der Waals surface area (Å²) in [5.74, 6) is -0.345. The third-order valence-corrected chi connectivity index (χ3v) is 3.59. The Labute approximate surface area is 111 Å². The molecule has 100 valence electrons. The summed E-state index contributed by atoms with van der Waals surface area (Å²) in [4.78, 5) is 16.1. The second kappa shape index (κ2) is 5.01. The number of imidazole rings is 1. The number of aromatic nitrogens is 2. The van der Waals surface area contributed by atoms with Gasteiger partial charge in [0.25, 0.3) is 0 Å². The van der Waals surface area contributed by atoms with Crippen molar-refractivity contribution in [3.8, 4) is 0 Å². The summed E-state index contributed by atoms with van der Waals surface area (Å²) < 4.78 is 12.3. The second-order valence-electron chi connectivity index (χ2n) is 4.66. The van der Waals surface area contributed by atoms with Gasteiger partial charge < -0.3 is 14.0 Å². The van der Waals surface area contributed by atoms with Crippen LogP contribution in [0.15, 0.2) is 24.5 Å². The molecule has 5 heteroatoms. The molecule has 19 heavy (non-hydrogen) atoms. The van der Waals surface area contributed by atoms with Crippen molar-refractivity contribution in [1.82, 2.24) is 9.55 Å². The SMILES string of the molecule is COC(=O)c1cccc2c1ncn2C1CCOCC1. The minimum Gasteiger partial charge on any atom is -0.465 e. The van der Waals surface area contributed by atoms with Crippen LogP contribution in [0.2, 0.25) is 0 Å². The van der Waals surface area contributed by atoms with Crippen LogP contribution in [0.3, 0.4) is 0 Å². The molecule has 0 spiro atoms. The molecular weight excluding hydrogens is 244 g/mol. The lowest BCUT2D eigenvalue weighted by Gasteiger charge is -2.23. The van der Waals surface area contributed by atoms with Crippen molar-refractivity contribution in [2.24, 2.45) is 0 Å². The molecule has 2 heterocycles. The third kappa shape index (κ3) is 2.10. The first-order chi connectivity index (χ1) is 9.31. The zero-order chi connectivity index (χ0) is 13.2. The minimum atomic E-state index is -0.345. The number of nitrogens with zero attached hydrogens (tertiary/aromatic N) is 2. The summed E-state index contributed by atoms with van der Waals surface area (Å²) in [7, 11) is 1.39. The first-order valence-electron chi connectivity index (χ1n) is 6.43. The average molecular weight is 260 g/mol. The molecule has 0 atom stereocenters. The molecule has 1 aliphatic heterocycles. The van der Waals surface area contributed by atoms with Gasteiger partial charge in [-0.1, -0.05) is 6.07 Å². The van der Waals surface area contributed by atoms with Gasteiger partial charge in [0.1, 0.15) is 5.52 Å². The van der Waals surface area contributed by atoms with E-state index >= 15 is 0 Å². The van der Waals surface area contributed by atoms with E-state index in [0.29, 0.717) is 17.1 Å². The Balaban J connectivity index is 2.05. The molecule has 3 rings (SSSR count). The monoisotopic (exact) mass is 260 g/mol. The molecule has 1 aromatic heterocycles. The number of ether oxygens (including phenoxy) is 2. The van der Waals surface area contributed by atoms with Gasteiger partial charge in [0, 0.05) is 19.3 Å². The van der Waals surface area contributed by atoms with Crippen molar-refractivity contribution in [2.45, 2.75) is 18.9 Å². The largest absolute Gasteiger partial charge is 0.465 e. The van der Waals surface area contributed by atoms with Crippen LogP contribution in [-0.4, -0.2) is 35.8 Å². The Morgan fingerprint density at radius 1 is 1.42 bits per heavy atom. The fraction of sp³-hybridized carbons (Fsp3) is 0.429. The molecule has 5 nitrogen and oxygen atoms in total. The summed E-state index contributed by atoms with van der Waals surface area (Å²) in [5.41, 5.74) is 2.21. The van der Waals surface area contributed by atoms with Crippen LogP contribution in [0.1, 0.15) is 29.2 Å². The number of para-hydroxylation sites is 1. The molecule has 0 N–H and O–H groups in total. The highest BCUT2D eigenvalue weighted by atomic mass is 16.5. The summed E-state index contributed by atoms with van der Waals surface area (Å²) in [6.07, 6.45) is 3.77. The van der Waals surface area contributed by atoms with E-state index in [0.717, 1.165) is 31.6 Å². The number of methoxy groups -OCH3 is 1. The van der Waals surface area contributed by atoms with Crippen molar-refractivity contribution in [1.29, 1.82) is 0 Å². The van der Waals surface area contributed by atoms with Gasteiger partial charge in [-0.15, -0.1) is 0 Å². The number of hydrogen-bond acceptors (Lipinski definition) is 4. The van der Waals surface area contributed by atoms with Gasteiger partial charge in [-0.25, -0.2) is 9.78 Å². The van der Waals surface area contributed by atoms with E-state index < -0.39 is 0 Å². The van der Waals surface area contributed by atoms with E-state index in [2.05, 4.69) is 9.55 Å². The lowest BCUT2D eigenvalue weighted by Crippen LogP contribution is -2.18. The highest BCUT2D eigenvalue weighted by molar-refractivity contribution is 6.01. The summed E-state index contributed by atoms with van der Waals surface area (Å²) in [6, 6.07) is 6.00. The Kier molecular flexibility index (Phi) is 3.21. The maximum Gasteiger partial charge on any atom is 0.340 e. The van der Waals surface area contributed by atoms with E-state index in [9.17, 15) is 4.79 Å². The van der Waals surface area contributed by atoms with Crippen LogP contribution in [0, 0.1) is 0 Å². The van der Waals surface area contributed by atoms with E-state index in [1.165, 1.54) is 7.11 Å². The lowest BCUT2D eigenvalue weighted by atomic mass is 10.1. The smallest absolute Gasteiger partial charge is 0.340 e. The molecule has 1 saturated heterocycles. The molecule has 1 aromatic carbocycles. The molecule has 0 unspecified atom stereocenters. The average Bonchev–Trinajstić information content (AvgIpc) is 2.91. The molecule has 0 saturated carbocycles. The predicted octanol–water partition coefficient (Wildman–Crippen LogP) is 2.17. The first-order valence-corrected chi connectivity index (χ1v) is 6.43. The third-order valence-electron chi connectivity index (χ3n) is 3.59. The lowest BCUT2D eigenvalue weighted by molar-refractivity contribution is 0.0602. The molecule has 0 amide bonds. The van der Waals surface area contributed by atoms with Crippen LogP contribution in [0.25, 0.3) is 11.0 Å².